The van der Waals surface area contributed by atoms with Crippen LogP contribution in [0.25, 0.3) is 0 Å². The number of nitro groups is 1. The molecule has 0 saturated carbocycles. The first-order valence-electron chi connectivity index (χ1n) is 7.00. The maximum atomic E-state index is 13.6. The molecule has 2 rings (SSSR count). The molecule has 0 fully saturated rings. The molecule has 0 bridgehead atoms. The third kappa shape index (κ3) is 4.34. The second-order valence-electron chi connectivity index (χ2n) is 5.09. The van der Waals surface area contributed by atoms with Gasteiger partial charge in [0.25, 0.3) is 11.6 Å². The van der Waals surface area contributed by atoms with Crippen LogP contribution in [-0.4, -0.2) is 27.9 Å². The molecule has 1 atom stereocenters. The van der Waals surface area contributed by atoms with Gasteiger partial charge in [-0.05, 0) is 17.7 Å². The van der Waals surface area contributed by atoms with Gasteiger partial charge in [0.1, 0.15) is 6.04 Å². The van der Waals surface area contributed by atoms with Gasteiger partial charge in [-0.15, -0.1) is 0 Å². The van der Waals surface area contributed by atoms with Gasteiger partial charge in [0, 0.05) is 18.6 Å². The van der Waals surface area contributed by atoms with Crippen molar-refractivity contribution >= 4 is 17.6 Å². The number of benzene rings is 2. The van der Waals surface area contributed by atoms with E-state index in [0.717, 1.165) is 18.2 Å². The van der Waals surface area contributed by atoms with Crippen LogP contribution in [-0.2, 0) is 11.2 Å². The maximum absolute atomic E-state index is 13.6. The van der Waals surface area contributed by atoms with E-state index >= 15 is 0 Å². The van der Waals surface area contributed by atoms with E-state index in [9.17, 15) is 33.6 Å². The molecule has 0 aliphatic heterocycles. The number of carboxylic acid groups (broad SMARTS) is 1. The maximum Gasteiger partial charge on any atom is 0.326 e. The van der Waals surface area contributed by atoms with Gasteiger partial charge in [-0.3, -0.25) is 14.9 Å². The summed E-state index contributed by atoms with van der Waals surface area (Å²) in [6.07, 6.45) is -0.185. The van der Waals surface area contributed by atoms with E-state index in [1.165, 1.54) is 24.3 Å². The highest BCUT2D eigenvalue weighted by molar-refractivity contribution is 5.96. The second-order valence-corrected chi connectivity index (χ2v) is 5.09. The summed E-state index contributed by atoms with van der Waals surface area (Å²) in [4.78, 5) is 33.3. The standard InChI is InChI=1S/C16H12F2N2O5/c17-12-3-1-2-11(14(12)18)15(21)19-13(16(22)23)8-9-4-6-10(7-5-9)20(24)25/h1-7,13H,8H2,(H,19,21)(H,22,23)/t13-/m1/s1. The van der Waals surface area contributed by atoms with Crippen molar-refractivity contribution in [3.05, 3.63) is 75.3 Å². The van der Waals surface area contributed by atoms with Gasteiger partial charge in [-0.2, -0.15) is 0 Å². The number of non-ortho nitro benzene ring substituents is 1. The van der Waals surface area contributed by atoms with Crippen molar-refractivity contribution in [2.75, 3.05) is 0 Å². The van der Waals surface area contributed by atoms with Crippen molar-refractivity contribution in [1.82, 2.24) is 5.32 Å². The summed E-state index contributed by atoms with van der Waals surface area (Å²) in [5, 5.41) is 21.9. The molecule has 0 aliphatic carbocycles. The topological polar surface area (TPSA) is 110 Å². The lowest BCUT2D eigenvalue weighted by molar-refractivity contribution is -0.384. The number of hydrogen-bond donors (Lipinski definition) is 2. The Hall–Kier alpha value is -3.36. The van der Waals surface area contributed by atoms with Crippen LogP contribution in [0.2, 0.25) is 0 Å². The molecule has 7 nitrogen and oxygen atoms in total. The molecule has 0 aromatic heterocycles. The summed E-state index contributed by atoms with van der Waals surface area (Å²) in [7, 11) is 0. The van der Waals surface area contributed by atoms with Crippen molar-refractivity contribution in [1.29, 1.82) is 0 Å². The number of aliphatic carboxylic acids is 1. The summed E-state index contributed by atoms with van der Waals surface area (Å²) >= 11 is 0. The van der Waals surface area contributed by atoms with E-state index in [-0.39, 0.29) is 12.1 Å². The monoisotopic (exact) mass is 350 g/mol. The van der Waals surface area contributed by atoms with Gasteiger partial charge in [0.05, 0.1) is 10.5 Å². The second kappa shape index (κ2) is 7.47. The number of hydrogen-bond acceptors (Lipinski definition) is 4. The predicted molar refractivity (Wildman–Crippen MR) is 82.0 cm³/mol. The minimum Gasteiger partial charge on any atom is -0.480 e. The molecule has 0 radical (unpaired) electrons. The van der Waals surface area contributed by atoms with Gasteiger partial charge in [0.15, 0.2) is 11.6 Å². The Bertz CT molecular complexity index is 824. The molecular formula is C16H12F2N2O5. The average molecular weight is 350 g/mol. The van der Waals surface area contributed by atoms with Crippen LogP contribution in [0.1, 0.15) is 15.9 Å². The largest absolute Gasteiger partial charge is 0.480 e. The fourth-order valence-electron chi connectivity index (χ4n) is 2.10. The number of carbonyl (C=O) groups is 2. The van der Waals surface area contributed by atoms with E-state index in [4.69, 9.17) is 0 Å². The fourth-order valence-corrected chi connectivity index (χ4v) is 2.10. The molecule has 2 N–H and O–H groups in total. The first-order valence-corrected chi connectivity index (χ1v) is 7.00. The molecule has 25 heavy (non-hydrogen) atoms. The normalized spacial score (nSPS) is 11.6. The number of carbonyl (C=O) groups excluding carboxylic acids is 1. The Morgan fingerprint density at radius 1 is 1.16 bits per heavy atom. The van der Waals surface area contributed by atoms with Crippen LogP contribution in [0.3, 0.4) is 0 Å². The summed E-state index contributed by atoms with van der Waals surface area (Å²) in [6.45, 7) is 0. The van der Waals surface area contributed by atoms with Crippen LogP contribution in [0.4, 0.5) is 14.5 Å². The lowest BCUT2D eigenvalue weighted by Gasteiger charge is -2.15. The summed E-state index contributed by atoms with van der Waals surface area (Å²) in [5.74, 6) is -5.07. The van der Waals surface area contributed by atoms with Crippen molar-refractivity contribution < 1.29 is 28.4 Å². The van der Waals surface area contributed by atoms with E-state index in [2.05, 4.69) is 5.32 Å². The average Bonchev–Trinajstić information content (AvgIpc) is 2.57. The quantitative estimate of drug-likeness (QED) is 0.614. The Labute approximate surface area is 140 Å². The molecule has 130 valence electrons. The first-order chi connectivity index (χ1) is 11.8. The number of halogens is 2. The Balaban J connectivity index is 2.15. The van der Waals surface area contributed by atoms with Crippen LogP contribution >= 0.6 is 0 Å². The minimum absolute atomic E-state index is 0.165. The van der Waals surface area contributed by atoms with Crippen molar-refractivity contribution in [3.63, 3.8) is 0 Å². The van der Waals surface area contributed by atoms with Gasteiger partial charge in [0.2, 0.25) is 0 Å². The van der Waals surface area contributed by atoms with Crippen LogP contribution in [0, 0.1) is 21.7 Å². The minimum atomic E-state index is -1.42. The number of nitro benzene ring substituents is 1. The molecule has 0 heterocycles. The fraction of sp³-hybridized carbons (Fsp3) is 0.125. The number of amides is 1. The molecule has 0 spiro atoms. The number of carboxylic acids is 1. The molecule has 2 aromatic rings. The molecular weight excluding hydrogens is 338 g/mol. The SMILES string of the molecule is O=C(N[C@H](Cc1ccc([N+](=O)[O-])cc1)C(=O)O)c1cccc(F)c1F. The molecule has 0 saturated heterocycles. The lowest BCUT2D eigenvalue weighted by Crippen LogP contribution is -2.42. The molecule has 2 aromatic carbocycles. The number of nitrogens with one attached hydrogen (secondary N) is 1. The zero-order chi connectivity index (χ0) is 18.6. The summed E-state index contributed by atoms with van der Waals surface area (Å²) < 4.78 is 26.8. The van der Waals surface area contributed by atoms with Crippen LogP contribution in [0.15, 0.2) is 42.5 Å². The Morgan fingerprint density at radius 2 is 1.80 bits per heavy atom. The molecule has 9 heteroatoms. The molecule has 1 amide bonds. The van der Waals surface area contributed by atoms with Crippen molar-refractivity contribution in [3.8, 4) is 0 Å². The Morgan fingerprint density at radius 3 is 2.36 bits per heavy atom. The predicted octanol–water partition coefficient (Wildman–Crippen LogP) is 2.30. The van der Waals surface area contributed by atoms with Gasteiger partial charge in [-0.1, -0.05) is 18.2 Å². The summed E-state index contributed by atoms with van der Waals surface area (Å²) in [5.41, 5.74) is -0.366. The van der Waals surface area contributed by atoms with Crippen molar-refractivity contribution in [2.45, 2.75) is 12.5 Å². The molecule has 0 unspecified atom stereocenters. The van der Waals surface area contributed by atoms with E-state index in [1.807, 2.05) is 0 Å². The highest BCUT2D eigenvalue weighted by atomic mass is 19.2. The van der Waals surface area contributed by atoms with Gasteiger partial charge >= 0.3 is 5.97 Å². The van der Waals surface area contributed by atoms with Gasteiger partial charge in [-0.25, -0.2) is 13.6 Å². The smallest absolute Gasteiger partial charge is 0.326 e. The van der Waals surface area contributed by atoms with E-state index in [0.29, 0.717) is 5.56 Å². The third-order valence-corrected chi connectivity index (χ3v) is 3.39. The van der Waals surface area contributed by atoms with E-state index in [1.54, 1.807) is 0 Å². The number of rotatable bonds is 6. The Kier molecular flexibility index (Phi) is 5.38. The van der Waals surface area contributed by atoms with Crippen molar-refractivity contribution in [2.24, 2.45) is 0 Å². The van der Waals surface area contributed by atoms with Crippen LogP contribution in [0.5, 0.6) is 0 Å². The zero-order valence-electron chi connectivity index (χ0n) is 12.6. The van der Waals surface area contributed by atoms with Crippen LogP contribution < -0.4 is 5.32 Å². The number of nitrogens with zero attached hydrogens (tertiary/aromatic N) is 1. The summed E-state index contributed by atoms with van der Waals surface area (Å²) in [6, 6.07) is 6.66. The van der Waals surface area contributed by atoms with Gasteiger partial charge < -0.3 is 10.4 Å². The molecule has 0 aliphatic rings. The lowest BCUT2D eigenvalue weighted by atomic mass is 10.0. The third-order valence-electron chi connectivity index (χ3n) is 3.39. The highest BCUT2D eigenvalue weighted by Crippen LogP contribution is 2.15. The first kappa shape index (κ1) is 18.0. The zero-order valence-corrected chi connectivity index (χ0v) is 12.6. The highest BCUT2D eigenvalue weighted by Gasteiger charge is 2.23. The van der Waals surface area contributed by atoms with E-state index < -0.39 is 40.0 Å².